The monoisotopic (exact) mass is 298 g/mol. The third kappa shape index (κ3) is 3.36. The number of carboxylic acid groups (broad SMARTS) is 1. The number of nitrogens with zero attached hydrogens (tertiary/aromatic N) is 2. The van der Waals surface area contributed by atoms with Gasteiger partial charge in [-0.2, -0.15) is 0 Å². The normalized spacial score (nSPS) is 17.5. The molecular weight excluding hydrogens is 280 g/mol. The fraction of sp³-hybridized carbons (Fsp3) is 0.294. The van der Waals surface area contributed by atoms with E-state index in [4.69, 9.17) is 9.84 Å². The molecule has 1 unspecified atom stereocenters. The number of aromatic nitrogens is 1. The Labute approximate surface area is 129 Å². The highest BCUT2D eigenvalue weighted by Gasteiger charge is 2.24. The van der Waals surface area contributed by atoms with Crippen LogP contribution in [0.3, 0.4) is 0 Å². The van der Waals surface area contributed by atoms with Crippen LogP contribution in [0.25, 0.3) is 0 Å². The number of ether oxygens (including phenoxy) is 1. The zero-order chi connectivity index (χ0) is 15.4. The van der Waals surface area contributed by atoms with Gasteiger partial charge in [-0.1, -0.05) is 24.3 Å². The van der Waals surface area contributed by atoms with E-state index in [1.165, 1.54) is 6.07 Å². The fourth-order valence-corrected chi connectivity index (χ4v) is 2.63. The molecule has 0 spiro atoms. The van der Waals surface area contributed by atoms with Gasteiger partial charge in [0.1, 0.15) is 11.6 Å². The van der Waals surface area contributed by atoms with Crippen molar-refractivity contribution in [1.29, 1.82) is 0 Å². The van der Waals surface area contributed by atoms with Gasteiger partial charge in [0.25, 0.3) is 0 Å². The van der Waals surface area contributed by atoms with E-state index < -0.39 is 5.97 Å². The molecule has 1 aliphatic heterocycles. The second kappa shape index (κ2) is 6.47. The molecule has 1 fully saturated rings. The van der Waals surface area contributed by atoms with Crippen molar-refractivity contribution in [2.24, 2.45) is 5.92 Å². The minimum Gasteiger partial charge on any atom is -0.493 e. The highest BCUT2D eigenvalue weighted by molar-refractivity contribution is 5.85. The Bertz CT molecular complexity index is 645. The van der Waals surface area contributed by atoms with Crippen LogP contribution in [0.2, 0.25) is 0 Å². The van der Waals surface area contributed by atoms with Crippen LogP contribution in [0.15, 0.2) is 48.5 Å². The Balaban J connectivity index is 1.58. The Kier molecular flexibility index (Phi) is 4.23. The van der Waals surface area contributed by atoms with Crippen molar-refractivity contribution in [3.8, 4) is 5.75 Å². The van der Waals surface area contributed by atoms with Gasteiger partial charge in [-0.15, -0.1) is 0 Å². The number of carboxylic acids is 1. The summed E-state index contributed by atoms with van der Waals surface area (Å²) >= 11 is 0. The predicted molar refractivity (Wildman–Crippen MR) is 83.5 cm³/mol. The van der Waals surface area contributed by atoms with Crippen LogP contribution in [0.1, 0.15) is 16.9 Å². The molecule has 1 atom stereocenters. The Morgan fingerprint density at radius 1 is 1.23 bits per heavy atom. The molecule has 1 aromatic carbocycles. The van der Waals surface area contributed by atoms with E-state index in [1.807, 2.05) is 36.4 Å². The van der Waals surface area contributed by atoms with E-state index in [-0.39, 0.29) is 5.69 Å². The molecule has 0 saturated carbocycles. The van der Waals surface area contributed by atoms with Crippen LogP contribution < -0.4 is 9.64 Å². The molecule has 1 aromatic heterocycles. The molecule has 0 aliphatic carbocycles. The van der Waals surface area contributed by atoms with Crippen LogP contribution in [0.5, 0.6) is 5.75 Å². The molecule has 3 rings (SSSR count). The lowest BCUT2D eigenvalue weighted by Crippen LogP contribution is -2.23. The summed E-state index contributed by atoms with van der Waals surface area (Å²) in [7, 11) is 0. The lowest BCUT2D eigenvalue weighted by molar-refractivity contribution is 0.0690. The third-order valence-electron chi connectivity index (χ3n) is 3.79. The number of rotatable bonds is 5. The van der Waals surface area contributed by atoms with E-state index in [9.17, 15) is 4.79 Å². The van der Waals surface area contributed by atoms with Crippen LogP contribution in [0, 0.1) is 5.92 Å². The number of pyridine rings is 1. The van der Waals surface area contributed by atoms with E-state index in [0.717, 1.165) is 31.1 Å². The number of benzene rings is 1. The highest BCUT2D eigenvalue weighted by atomic mass is 16.5. The van der Waals surface area contributed by atoms with Crippen molar-refractivity contribution in [3.05, 3.63) is 54.2 Å². The molecule has 1 aliphatic rings. The van der Waals surface area contributed by atoms with Crippen molar-refractivity contribution >= 4 is 11.8 Å². The van der Waals surface area contributed by atoms with Gasteiger partial charge < -0.3 is 14.7 Å². The Hall–Kier alpha value is -2.56. The molecule has 114 valence electrons. The SMILES string of the molecule is O=C(O)c1cccc(N2CCC(COc3ccccc3)C2)n1. The summed E-state index contributed by atoms with van der Waals surface area (Å²) in [5.74, 6) is 1.04. The molecule has 5 heteroatoms. The van der Waals surface area contributed by atoms with E-state index in [2.05, 4.69) is 9.88 Å². The molecule has 0 radical (unpaired) electrons. The summed E-state index contributed by atoms with van der Waals surface area (Å²) in [6, 6.07) is 14.9. The average molecular weight is 298 g/mol. The summed E-state index contributed by atoms with van der Waals surface area (Å²) in [5, 5.41) is 9.01. The van der Waals surface area contributed by atoms with Gasteiger partial charge in [-0.3, -0.25) is 0 Å². The number of anilines is 1. The van der Waals surface area contributed by atoms with E-state index in [0.29, 0.717) is 12.5 Å². The van der Waals surface area contributed by atoms with Crippen molar-refractivity contribution in [2.45, 2.75) is 6.42 Å². The van der Waals surface area contributed by atoms with E-state index in [1.54, 1.807) is 6.07 Å². The van der Waals surface area contributed by atoms with Crippen LogP contribution in [-0.2, 0) is 0 Å². The second-order valence-electron chi connectivity index (χ2n) is 5.41. The van der Waals surface area contributed by atoms with Gasteiger partial charge in [0.05, 0.1) is 6.61 Å². The number of carbonyl (C=O) groups is 1. The summed E-state index contributed by atoms with van der Waals surface area (Å²) in [4.78, 5) is 17.3. The number of aromatic carboxylic acids is 1. The second-order valence-corrected chi connectivity index (χ2v) is 5.41. The number of hydrogen-bond acceptors (Lipinski definition) is 4. The molecule has 0 amide bonds. The standard InChI is InChI=1S/C17H18N2O3/c20-17(21)15-7-4-8-16(18-15)19-10-9-13(11-19)12-22-14-5-2-1-3-6-14/h1-8,13H,9-12H2,(H,20,21). The van der Waals surface area contributed by atoms with Crippen LogP contribution in [0.4, 0.5) is 5.82 Å². The van der Waals surface area contributed by atoms with E-state index >= 15 is 0 Å². The van der Waals surface area contributed by atoms with Crippen molar-refractivity contribution in [2.75, 3.05) is 24.6 Å². The lowest BCUT2D eigenvalue weighted by atomic mass is 10.1. The Morgan fingerprint density at radius 3 is 2.82 bits per heavy atom. The first-order chi connectivity index (χ1) is 10.7. The zero-order valence-electron chi connectivity index (χ0n) is 12.2. The summed E-state index contributed by atoms with van der Waals surface area (Å²) in [6.07, 6.45) is 1.02. The summed E-state index contributed by atoms with van der Waals surface area (Å²) in [6.45, 7) is 2.38. The van der Waals surface area contributed by atoms with Crippen LogP contribution in [-0.4, -0.2) is 35.8 Å². The van der Waals surface area contributed by atoms with Crippen molar-refractivity contribution in [3.63, 3.8) is 0 Å². The predicted octanol–water partition coefficient (Wildman–Crippen LogP) is 2.69. The quantitative estimate of drug-likeness (QED) is 0.919. The van der Waals surface area contributed by atoms with Gasteiger partial charge >= 0.3 is 5.97 Å². The van der Waals surface area contributed by atoms with Gasteiger partial charge in [0.2, 0.25) is 0 Å². The summed E-state index contributed by atoms with van der Waals surface area (Å²) < 4.78 is 5.79. The molecule has 0 bridgehead atoms. The van der Waals surface area contributed by atoms with Crippen LogP contribution >= 0.6 is 0 Å². The highest BCUT2D eigenvalue weighted by Crippen LogP contribution is 2.23. The van der Waals surface area contributed by atoms with Gasteiger partial charge in [-0.25, -0.2) is 9.78 Å². The summed E-state index contributed by atoms with van der Waals surface area (Å²) in [5.41, 5.74) is 0.0847. The molecule has 2 aromatic rings. The third-order valence-corrected chi connectivity index (χ3v) is 3.79. The molecule has 22 heavy (non-hydrogen) atoms. The molecule has 2 heterocycles. The van der Waals surface area contributed by atoms with Gasteiger partial charge in [-0.05, 0) is 30.7 Å². The molecule has 1 saturated heterocycles. The Morgan fingerprint density at radius 2 is 2.05 bits per heavy atom. The maximum Gasteiger partial charge on any atom is 0.354 e. The first-order valence-electron chi connectivity index (χ1n) is 7.35. The smallest absolute Gasteiger partial charge is 0.354 e. The molecule has 1 N–H and O–H groups in total. The lowest BCUT2D eigenvalue weighted by Gasteiger charge is -2.18. The van der Waals surface area contributed by atoms with Gasteiger partial charge in [0.15, 0.2) is 5.69 Å². The first-order valence-corrected chi connectivity index (χ1v) is 7.35. The fourth-order valence-electron chi connectivity index (χ4n) is 2.63. The molecular formula is C17H18N2O3. The first kappa shape index (κ1) is 14.4. The van der Waals surface area contributed by atoms with Crippen molar-refractivity contribution in [1.82, 2.24) is 4.98 Å². The van der Waals surface area contributed by atoms with Crippen molar-refractivity contribution < 1.29 is 14.6 Å². The minimum atomic E-state index is -0.995. The largest absolute Gasteiger partial charge is 0.493 e. The van der Waals surface area contributed by atoms with Gasteiger partial charge in [0, 0.05) is 19.0 Å². The maximum atomic E-state index is 11.0. The average Bonchev–Trinajstić information content (AvgIpc) is 3.03. The molecule has 5 nitrogen and oxygen atoms in total. The number of hydrogen-bond donors (Lipinski definition) is 1. The maximum absolute atomic E-state index is 11.0. The number of para-hydroxylation sites is 1. The minimum absolute atomic E-state index is 0.0847. The topological polar surface area (TPSA) is 62.7 Å². The zero-order valence-corrected chi connectivity index (χ0v) is 12.2.